The average molecular weight is 324 g/mol. The van der Waals surface area contributed by atoms with E-state index < -0.39 is 0 Å². The van der Waals surface area contributed by atoms with Crippen molar-refractivity contribution in [2.45, 2.75) is 65.0 Å². The summed E-state index contributed by atoms with van der Waals surface area (Å²) in [5.41, 5.74) is 1.92. The number of nitrogens with one attached hydrogen (secondary N) is 1. The van der Waals surface area contributed by atoms with Gasteiger partial charge in [0.25, 0.3) is 0 Å². The van der Waals surface area contributed by atoms with Gasteiger partial charge in [-0.15, -0.1) is 0 Å². The lowest BCUT2D eigenvalue weighted by atomic mass is 9.85. The molecule has 2 atom stereocenters. The Hall–Kier alpha value is -0.340. The molecule has 0 heterocycles. The highest BCUT2D eigenvalue weighted by Gasteiger charge is 2.24. The first-order chi connectivity index (χ1) is 8.96. The second kappa shape index (κ2) is 6.41. The van der Waals surface area contributed by atoms with Gasteiger partial charge in [-0.05, 0) is 55.7 Å². The summed E-state index contributed by atoms with van der Waals surface area (Å²) in [6.45, 7) is 7.10. The SMILES string of the molecule is CC(NC1CCCC(C)(C)CC1)c1ccc(Br)cc1. The van der Waals surface area contributed by atoms with Crippen LogP contribution in [0.5, 0.6) is 0 Å². The Kier molecular flexibility index (Phi) is 5.08. The van der Waals surface area contributed by atoms with Crippen LogP contribution in [-0.4, -0.2) is 6.04 Å². The quantitative estimate of drug-likeness (QED) is 0.728. The Morgan fingerprint density at radius 3 is 2.53 bits per heavy atom. The summed E-state index contributed by atoms with van der Waals surface area (Å²) in [6.07, 6.45) is 6.71. The van der Waals surface area contributed by atoms with Crippen molar-refractivity contribution in [1.29, 1.82) is 0 Å². The maximum absolute atomic E-state index is 3.82. The van der Waals surface area contributed by atoms with Crippen molar-refractivity contribution >= 4 is 15.9 Å². The van der Waals surface area contributed by atoms with E-state index in [0.717, 1.165) is 4.47 Å². The summed E-state index contributed by atoms with van der Waals surface area (Å²) in [6, 6.07) is 9.80. The van der Waals surface area contributed by atoms with Gasteiger partial charge in [-0.1, -0.05) is 48.3 Å². The van der Waals surface area contributed by atoms with Gasteiger partial charge >= 0.3 is 0 Å². The minimum atomic E-state index is 0.444. The summed E-state index contributed by atoms with van der Waals surface area (Å²) in [5.74, 6) is 0. The van der Waals surface area contributed by atoms with Crippen molar-refractivity contribution in [2.24, 2.45) is 5.41 Å². The van der Waals surface area contributed by atoms with E-state index in [1.807, 2.05) is 0 Å². The van der Waals surface area contributed by atoms with Crippen molar-refractivity contribution in [2.75, 3.05) is 0 Å². The van der Waals surface area contributed by atoms with E-state index in [0.29, 0.717) is 17.5 Å². The summed E-state index contributed by atoms with van der Waals surface area (Å²) >= 11 is 3.50. The second-order valence-electron chi connectivity index (χ2n) is 6.73. The van der Waals surface area contributed by atoms with Crippen molar-refractivity contribution < 1.29 is 0 Å². The van der Waals surface area contributed by atoms with E-state index in [1.54, 1.807) is 0 Å². The largest absolute Gasteiger partial charge is 0.307 e. The van der Waals surface area contributed by atoms with Crippen molar-refractivity contribution in [3.8, 4) is 0 Å². The molecule has 2 heteroatoms. The van der Waals surface area contributed by atoms with Crippen molar-refractivity contribution in [3.05, 3.63) is 34.3 Å². The van der Waals surface area contributed by atoms with Crippen LogP contribution in [0.25, 0.3) is 0 Å². The lowest BCUT2D eigenvalue weighted by Gasteiger charge is -2.24. The van der Waals surface area contributed by atoms with Crippen molar-refractivity contribution in [1.82, 2.24) is 5.32 Å². The van der Waals surface area contributed by atoms with E-state index in [4.69, 9.17) is 0 Å². The molecule has 0 saturated heterocycles. The monoisotopic (exact) mass is 323 g/mol. The normalized spacial score (nSPS) is 24.7. The molecule has 1 fully saturated rings. The molecule has 1 aromatic carbocycles. The highest BCUT2D eigenvalue weighted by Crippen LogP contribution is 2.34. The van der Waals surface area contributed by atoms with Crippen LogP contribution < -0.4 is 5.32 Å². The molecule has 1 N–H and O–H groups in total. The third kappa shape index (κ3) is 4.61. The maximum Gasteiger partial charge on any atom is 0.0294 e. The fourth-order valence-corrected chi connectivity index (χ4v) is 3.29. The van der Waals surface area contributed by atoms with Crippen LogP contribution in [0.2, 0.25) is 0 Å². The Bertz CT molecular complexity index is 396. The maximum atomic E-state index is 3.82. The van der Waals surface area contributed by atoms with E-state index >= 15 is 0 Å². The van der Waals surface area contributed by atoms with Crippen LogP contribution in [0.15, 0.2) is 28.7 Å². The molecule has 2 unspecified atom stereocenters. The van der Waals surface area contributed by atoms with E-state index in [-0.39, 0.29) is 0 Å². The van der Waals surface area contributed by atoms with Crippen LogP contribution in [0.3, 0.4) is 0 Å². The molecule has 0 amide bonds. The summed E-state index contributed by atoms with van der Waals surface area (Å²) in [7, 11) is 0. The van der Waals surface area contributed by atoms with Gasteiger partial charge in [0.2, 0.25) is 0 Å². The van der Waals surface area contributed by atoms with Gasteiger partial charge in [0, 0.05) is 16.6 Å². The van der Waals surface area contributed by atoms with Crippen LogP contribution in [0.1, 0.15) is 64.5 Å². The predicted molar refractivity (Wildman–Crippen MR) is 86.3 cm³/mol. The molecule has 0 aliphatic heterocycles. The number of hydrogen-bond acceptors (Lipinski definition) is 1. The molecule has 106 valence electrons. The zero-order valence-corrected chi connectivity index (χ0v) is 14.0. The first kappa shape index (κ1) is 15.1. The highest BCUT2D eigenvalue weighted by atomic mass is 79.9. The van der Waals surface area contributed by atoms with Crippen molar-refractivity contribution in [3.63, 3.8) is 0 Å². The van der Waals surface area contributed by atoms with Gasteiger partial charge in [0.05, 0.1) is 0 Å². The molecule has 2 rings (SSSR count). The molecule has 1 aromatic rings. The van der Waals surface area contributed by atoms with Crippen LogP contribution in [0, 0.1) is 5.41 Å². The Balaban J connectivity index is 1.91. The third-order valence-electron chi connectivity index (χ3n) is 4.43. The topological polar surface area (TPSA) is 12.0 Å². The number of rotatable bonds is 3. The standard InChI is InChI=1S/C17H26BrN/c1-13(14-6-8-15(18)9-7-14)19-16-5-4-11-17(2,3)12-10-16/h6-9,13,16,19H,4-5,10-12H2,1-3H3. The summed E-state index contributed by atoms with van der Waals surface area (Å²) < 4.78 is 1.15. The number of halogens is 1. The van der Waals surface area contributed by atoms with Crippen LogP contribution in [0.4, 0.5) is 0 Å². The number of hydrogen-bond donors (Lipinski definition) is 1. The molecule has 0 bridgehead atoms. The Morgan fingerprint density at radius 1 is 1.16 bits per heavy atom. The van der Waals surface area contributed by atoms with Gasteiger partial charge in [0.15, 0.2) is 0 Å². The summed E-state index contributed by atoms with van der Waals surface area (Å²) in [4.78, 5) is 0. The molecular formula is C17H26BrN. The first-order valence-corrected chi connectivity index (χ1v) is 8.27. The lowest BCUT2D eigenvalue weighted by molar-refractivity contribution is 0.307. The van der Waals surface area contributed by atoms with E-state index in [2.05, 4.69) is 66.3 Å². The van der Waals surface area contributed by atoms with Crippen LogP contribution >= 0.6 is 15.9 Å². The fraction of sp³-hybridized carbons (Fsp3) is 0.647. The molecule has 0 radical (unpaired) electrons. The highest BCUT2D eigenvalue weighted by molar-refractivity contribution is 9.10. The molecular weight excluding hydrogens is 298 g/mol. The third-order valence-corrected chi connectivity index (χ3v) is 4.96. The number of benzene rings is 1. The van der Waals surface area contributed by atoms with Gasteiger partial charge in [0.1, 0.15) is 0 Å². The zero-order valence-electron chi connectivity index (χ0n) is 12.4. The first-order valence-electron chi connectivity index (χ1n) is 7.48. The molecule has 1 nitrogen and oxygen atoms in total. The lowest BCUT2D eigenvalue weighted by Crippen LogP contribution is -2.31. The zero-order chi connectivity index (χ0) is 13.9. The molecule has 1 saturated carbocycles. The van der Waals surface area contributed by atoms with E-state index in [1.165, 1.54) is 37.7 Å². The smallest absolute Gasteiger partial charge is 0.0294 e. The Morgan fingerprint density at radius 2 is 1.84 bits per heavy atom. The fourth-order valence-electron chi connectivity index (χ4n) is 3.03. The molecule has 0 spiro atoms. The minimum absolute atomic E-state index is 0.444. The Labute approximate surface area is 126 Å². The minimum Gasteiger partial charge on any atom is -0.307 e. The molecule has 1 aliphatic rings. The average Bonchev–Trinajstić information content (AvgIpc) is 2.52. The van der Waals surface area contributed by atoms with E-state index in [9.17, 15) is 0 Å². The van der Waals surface area contributed by atoms with Gasteiger partial charge in [-0.3, -0.25) is 0 Å². The summed E-state index contributed by atoms with van der Waals surface area (Å²) in [5, 5.41) is 3.82. The van der Waals surface area contributed by atoms with Crippen LogP contribution in [-0.2, 0) is 0 Å². The second-order valence-corrected chi connectivity index (χ2v) is 7.65. The predicted octanol–water partition coefficient (Wildman–Crippen LogP) is 5.46. The molecule has 19 heavy (non-hydrogen) atoms. The molecule has 1 aliphatic carbocycles. The van der Waals surface area contributed by atoms with Gasteiger partial charge in [-0.25, -0.2) is 0 Å². The molecule has 0 aromatic heterocycles. The van der Waals surface area contributed by atoms with Gasteiger partial charge in [-0.2, -0.15) is 0 Å². The van der Waals surface area contributed by atoms with Gasteiger partial charge < -0.3 is 5.32 Å².